The third-order valence-corrected chi connectivity index (χ3v) is 7.82. The van der Waals surface area contributed by atoms with Crippen molar-refractivity contribution in [1.29, 1.82) is 0 Å². The van der Waals surface area contributed by atoms with E-state index in [2.05, 4.69) is 104 Å². The second-order valence-corrected chi connectivity index (χ2v) is 12.3. The number of unbranched alkanes of at least 4 members (excludes halogenated alkanes) is 11. The minimum absolute atomic E-state index is 0.0877. The van der Waals surface area contributed by atoms with E-state index in [1.165, 1.54) is 44.9 Å². The lowest BCUT2D eigenvalue weighted by Crippen LogP contribution is -2.45. The molecule has 47 heavy (non-hydrogen) atoms. The van der Waals surface area contributed by atoms with Gasteiger partial charge in [-0.3, -0.25) is 4.79 Å². The lowest BCUT2D eigenvalue weighted by Gasteiger charge is -2.20. The summed E-state index contributed by atoms with van der Waals surface area (Å²) in [5.41, 5.74) is 0. The Labute approximate surface area is 290 Å². The van der Waals surface area contributed by atoms with Gasteiger partial charge in [-0.15, -0.1) is 0 Å². The van der Waals surface area contributed by atoms with Gasteiger partial charge in [0, 0.05) is 6.42 Å². The summed E-state index contributed by atoms with van der Waals surface area (Å²) in [6.07, 6.45) is 56.6. The Morgan fingerprint density at radius 2 is 0.936 bits per heavy atom. The quantitative estimate of drug-likeness (QED) is 0.0502. The summed E-state index contributed by atoms with van der Waals surface area (Å²) < 4.78 is 0. The first-order chi connectivity index (χ1) is 23.2. The summed E-state index contributed by atoms with van der Waals surface area (Å²) in [7, 11) is 0. The molecule has 0 heterocycles. The average molecular weight is 650 g/mol. The molecule has 0 aliphatic heterocycles. The van der Waals surface area contributed by atoms with Crippen LogP contribution in [-0.4, -0.2) is 34.9 Å². The van der Waals surface area contributed by atoms with Crippen LogP contribution in [0.25, 0.3) is 0 Å². The minimum atomic E-state index is -0.846. The van der Waals surface area contributed by atoms with E-state index >= 15 is 0 Å². The van der Waals surface area contributed by atoms with Gasteiger partial charge in [-0.2, -0.15) is 0 Å². The number of carbonyl (C=O) groups excluding carboxylic acids is 1. The fraction of sp³-hybridized carbons (Fsp3) is 0.605. The first kappa shape index (κ1) is 44.3. The van der Waals surface area contributed by atoms with Gasteiger partial charge in [0.05, 0.1) is 18.8 Å². The SMILES string of the molecule is CC/C=C\C/C=C\C/C=C\C/C=C\C/C=C\C/C=C\C/C=C\CCCCCCCCCC(=O)NC(CO)C(O)/C=C/CCCCCC. The molecule has 4 nitrogen and oxygen atoms in total. The number of nitrogens with one attached hydrogen (secondary N) is 1. The molecular formula is C43H71NO3. The molecule has 0 radical (unpaired) electrons. The van der Waals surface area contributed by atoms with Crippen LogP contribution in [0.3, 0.4) is 0 Å². The molecule has 0 spiro atoms. The number of amides is 1. The zero-order valence-electron chi connectivity index (χ0n) is 30.3. The van der Waals surface area contributed by atoms with Crippen LogP contribution in [0.2, 0.25) is 0 Å². The molecule has 0 aliphatic rings. The van der Waals surface area contributed by atoms with Gasteiger partial charge in [-0.05, 0) is 77.0 Å². The van der Waals surface area contributed by atoms with E-state index in [4.69, 9.17) is 0 Å². The smallest absolute Gasteiger partial charge is 0.220 e. The fourth-order valence-corrected chi connectivity index (χ4v) is 4.92. The standard InChI is InChI=1S/C43H71NO3/c1-3-5-7-9-11-12-13-14-15-16-17-18-19-20-21-22-23-24-25-26-27-28-29-30-31-32-33-35-37-39-43(47)44-41(40-45)42(46)38-36-34-10-8-6-4-2/h5,7,11-12,14-15,17-18,20-21,23-24,26-27,36,38,41-42,45-46H,3-4,6,8-10,13,16,19,22,25,28-35,37,39-40H2,1-2H3,(H,44,47)/b7-5-,12-11-,15-14-,18-17-,21-20-,24-23-,27-26-,38-36+. The van der Waals surface area contributed by atoms with Gasteiger partial charge in [0.2, 0.25) is 5.91 Å². The number of aliphatic hydroxyl groups is 2. The maximum atomic E-state index is 12.2. The third kappa shape index (κ3) is 34.5. The van der Waals surface area contributed by atoms with Crippen molar-refractivity contribution in [2.24, 2.45) is 0 Å². The molecule has 0 bridgehead atoms. The summed E-state index contributed by atoms with van der Waals surface area (Å²) in [5.74, 6) is -0.0877. The second kappa shape index (κ2) is 37.8. The Kier molecular flexibility index (Phi) is 35.6. The number of rotatable bonds is 32. The molecule has 266 valence electrons. The first-order valence-corrected chi connectivity index (χ1v) is 19.0. The summed E-state index contributed by atoms with van der Waals surface area (Å²) in [5, 5.41) is 22.6. The molecule has 4 heteroatoms. The van der Waals surface area contributed by atoms with Crippen molar-refractivity contribution in [3.63, 3.8) is 0 Å². The number of aliphatic hydroxyl groups excluding tert-OH is 2. The Morgan fingerprint density at radius 3 is 1.40 bits per heavy atom. The van der Waals surface area contributed by atoms with Crippen LogP contribution in [0.15, 0.2) is 97.2 Å². The van der Waals surface area contributed by atoms with Gasteiger partial charge in [0.1, 0.15) is 0 Å². The highest BCUT2D eigenvalue weighted by Gasteiger charge is 2.17. The van der Waals surface area contributed by atoms with Crippen molar-refractivity contribution >= 4 is 5.91 Å². The Hall–Kier alpha value is -2.69. The van der Waals surface area contributed by atoms with Crippen molar-refractivity contribution in [3.05, 3.63) is 97.2 Å². The average Bonchev–Trinajstić information content (AvgIpc) is 3.07. The Balaban J connectivity index is 3.64. The fourth-order valence-electron chi connectivity index (χ4n) is 4.92. The summed E-state index contributed by atoms with van der Waals surface area (Å²) in [6, 6.07) is -0.630. The molecular weight excluding hydrogens is 578 g/mol. The van der Waals surface area contributed by atoms with Crippen molar-refractivity contribution in [1.82, 2.24) is 5.32 Å². The molecule has 1 amide bonds. The van der Waals surface area contributed by atoms with Crippen LogP contribution < -0.4 is 5.32 Å². The van der Waals surface area contributed by atoms with Crippen molar-refractivity contribution in [2.45, 2.75) is 161 Å². The molecule has 0 fully saturated rings. The largest absolute Gasteiger partial charge is 0.394 e. The molecule has 0 aliphatic carbocycles. The molecule has 0 aromatic rings. The summed E-state index contributed by atoms with van der Waals surface area (Å²) >= 11 is 0. The van der Waals surface area contributed by atoms with Crippen LogP contribution in [-0.2, 0) is 4.79 Å². The van der Waals surface area contributed by atoms with E-state index in [1.54, 1.807) is 6.08 Å². The van der Waals surface area contributed by atoms with Gasteiger partial charge < -0.3 is 15.5 Å². The second-order valence-electron chi connectivity index (χ2n) is 12.3. The highest BCUT2D eigenvalue weighted by Crippen LogP contribution is 2.11. The van der Waals surface area contributed by atoms with E-state index in [1.807, 2.05) is 6.08 Å². The van der Waals surface area contributed by atoms with Crippen LogP contribution >= 0.6 is 0 Å². The molecule has 0 aromatic carbocycles. The zero-order valence-corrected chi connectivity index (χ0v) is 30.3. The van der Waals surface area contributed by atoms with Gasteiger partial charge in [0.15, 0.2) is 0 Å². The lowest BCUT2D eigenvalue weighted by molar-refractivity contribution is -0.123. The highest BCUT2D eigenvalue weighted by atomic mass is 16.3. The van der Waals surface area contributed by atoms with E-state index in [0.717, 1.165) is 83.5 Å². The lowest BCUT2D eigenvalue weighted by atomic mass is 10.1. The molecule has 2 unspecified atom stereocenters. The molecule has 0 saturated heterocycles. The van der Waals surface area contributed by atoms with Gasteiger partial charge in [-0.25, -0.2) is 0 Å². The van der Waals surface area contributed by atoms with Gasteiger partial charge >= 0.3 is 0 Å². The summed E-state index contributed by atoms with van der Waals surface area (Å²) in [4.78, 5) is 12.2. The first-order valence-electron chi connectivity index (χ1n) is 19.0. The van der Waals surface area contributed by atoms with Crippen LogP contribution in [0, 0.1) is 0 Å². The molecule has 0 saturated carbocycles. The third-order valence-electron chi connectivity index (χ3n) is 7.82. The number of hydrogen-bond acceptors (Lipinski definition) is 3. The Bertz CT molecular complexity index is 921. The molecule has 0 rings (SSSR count). The van der Waals surface area contributed by atoms with Crippen LogP contribution in [0.4, 0.5) is 0 Å². The molecule has 2 atom stereocenters. The van der Waals surface area contributed by atoms with E-state index in [-0.39, 0.29) is 12.5 Å². The normalized spacial score (nSPS) is 14.2. The zero-order chi connectivity index (χ0) is 34.3. The molecule has 0 aromatic heterocycles. The van der Waals surface area contributed by atoms with E-state index in [9.17, 15) is 15.0 Å². The van der Waals surface area contributed by atoms with Crippen molar-refractivity contribution in [3.8, 4) is 0 Å². The monoisotopic (exact) mass is 650 g/mol. The predicted molar refractivity (Wildman–Crippen MR) is 206 cm³/mol. The van der Waals surface area contributed by atoms with Crippen LogP contribution in [0.1, 0.15) is 149 Å². The topological polar surface area (TPSA) is 69.6 Å². The van der Waals surface area contributed by atoms with Crippen LogP contribution in [0.5, 0.6) is 0 Å². The van der Waals surface area contributed by atoms with Gasteiger partial charge in [-0.1, -0.05) is 162 Å². The number of allylic oxidation sites excluding steroid dienone is 15. The number of hydrogen-bond donors (Lipinski definition) is 3. The highest BCUT2D eigenvalue weighted by molar-refractivity contribution is 5.76. The van der Waals surface area contributed by atoms with Crippen molar-refractivity contribution < 1.29 is 15.0 Å². The maximum Gasteiger partial charge on any atom is 0.220 e. The Morgan fingerprint density at radius 1 is 0.532 bits per heavy atom. The minimum Gasteiger partial charge on any atom is -0.394 e. The van der Waals surface area contributed by atoms with E-state index in [0.29, 0.717) is 6.42 Å². The molecule has 3 N–H and O–H groups in total. The van der Waals surface area contributed by atoms with E-state index < -0.39 is 12.1 Å². The maximum absolute atomic E-state index is 12.2. The van der Waals surface area contributed by atoms with Crippen molar-refractivity contribution in [2.75, 3.05) is 6.61 Å². The number of carbonyl (C=O) groups is 1. The van der Waals surface area contributed by atoms with Gasteiger partial charge in [0.25, 0.3) is 0 Å². The summed E-state index contributed by atoms with van der Waals surface area (Å²) in [6.45, 7) is 4.09. The predicted octanol–water partition coefficient (Wildman–Crippen LogP) is 11.5.